The molecular weight excluding hydrogens is 148 g/mol. The molecule has 0 radical (unpaired) electrons. The molecule has 0 spiro atoms. The lowest BCUT2D eigenvalue weighted by Crippen LogP contribution is -2.58. The van der Waals surface area contributed by atoms with E-state index in [4.69, 9.17) is 0 Å². The maximum absolute atomic E-state index is 3.65. The number of rotatable bonds is 1. The van der Waals surface area contributed by atoms with E-state index >= 15 is 0 Å². The van der Waals surface area contributed by atoms with Gasteiger partial charge in [-0.15, -0.1) is 0 Å². The van der Waals surface area contributed by atoms with Crippen LogP contribution in [0.25, 0.3) is 0 Å². The molecule has 0 bridgehead atoms. The Morgan fingerprint density at radius 1 is 1.50 bits per heavy atom. The van der Waals surface area contributed by atoms with Crippen LogP contribution in [0.4, 0.5) is 0 Å². The fourth-order valence-electron chi connectivity index (χ4n) is 2.79. The molecule has 0 aromatic carbocycles. The largest absolute Gasteiger partial charge is 0.311 e. The van der Waals surface area contributed by atoms with Crippen LogP contribution in [-0.4, -0.2) is 36.1 Å². The molecule has 0 saturated carbocycles. The van der Waals surface area contributed by atoms with Crippen molar-refractivity contribution in [1.82, 2.24) is 10.2 Å². The van der Waals surface area contributed by atoms with Gasteiger partial charge in [-0.05, 0) is 32.7 Å². The molecule has 2 heteroatoms. The average Bonchev–Trinajstić information content (AvgIpc) is 2.53. The standard InChI is InChI=1S/C10H20N2/c1-3-10-8(2)12-6-4-5-9(12)7-11-10/h8-11H,3-7H2,1-2H3. The first-order valence-corrected chi connectivity index (χ1v) is 5.32. The number of fused-ring (bicyclic) bond motifs is 1. The summed E-state index contributed by atoms with van der Waals surface area (Å²) in [7, 11) is 0. The predicted octanol–water partition coefficient (Wildman–Crippen LogP) is 1.22. The van der Waals surface area contributed by atoms with Crippen LogP contribution in [0.3, 0.4) is 0 Å². The molecule has 0 amide bonds. The zero-order valence-electron chi connectivity index (χ0n) is 8.21. The Bertz CT molecular complexity index is 158. The minimum atomic E-state index is 0.736. The van der Waals surface area contributed by atoms with Crippen molar-refractivity contribution in [3.05, 3.63) is 0 Å². The van der Waals surface area contributed by atoms with Gasteiger partial charge in [0, 0.05) is 24.7 Å². The highest BCUT2D eigenvalue weighted by atomic mass is 15.3. The maximum Gasteiger partial charge on any atom is 0.0224 e. The second-order valence-electron chi connectivity index (χ2n) is 4.20. The number of nitrogens with one attached hydrogen (secondary N) is 1. The molecule has 12 heavy (non-hydrogen) atoms. The minimum absolute atomic E-state index is 0.736. The van der Waals surface area contributed by atoms with Gasteiger partial charge in [0.05, 0.1) is 0 Å². The topological polar surface area (TPSA) is 15.3 Å². The highest BCUT2D eigenvalue weighted by Gasteiger charge is 2.35. The quantitative estimate of drug-likeness (QED) is 0.633. The van der Waals surface area contributed by atoms with E-state index in [1.54, 1.807) is 0 Å². The van der Waals surface area contributed by atoms with Crippen molar-refractivity contribution >= 4 is 0 Å². The maximum atomic E-state index is 3.65. The van der Waals surface area contributed by atoms with Gasteiger partial charge in [0.25, 0.3) is 0 Å². The molecule has 0 aliphatic carbocycles. The van der Waals surface area contributed by atoms with E-state index in [-0.39, 0.29) is 0 Å². The van der Waals surface area contributed by atoms with Crippen molar-refractivity contribution < 1.29 is 0 Å². The first-order valence-electron chi connectivity index (χ1n) is 5.32. The summed E-state index contributed by atoms with van der Waals surface area (Å²) >= 11 is 0. The third-order valence-electron chi connectivity index (χ3n) is 3.58. The zero-order chi connectivity index (χ0) is 8.55. The van der Waals surface area contributed by atoms with Crippen LogP contribution >= 0.6 is 0 Å². The first-order chi connectivity index (χ1) is 5.83. The van der Waals surface area contributed by atoms with Crippen molar-refractivity contribution in [3.8, 4) is 0 Å². The summed E-state index contributed by atoms with van der Waals surface area (Å²) in [5, 5.41) is 3.65. The van der Waals surface area contributed by atoms with Crippen molar-refractivity contribution in [2.24, 2.45) is 0 Å². The van der Waals surface area contributed by atoms with Gasteiger partial charge >= 0.3 is 0 Å². The highest BCUT2D eigenvalue weighted by Crippen LogP contribution is 2.25. The van der Waals surface area contributed by atoms with E-state index in [9.17, 15) is 0 Å². The first kappa shape index (κ1) is 8.52. The number of hydrogen-bond acceptors (Lipinski definition) is 2. The minimum Gasteiger partial charge on any atom is -0.311 e. The molecule has 2 aliphatic heterocycles. The SMILES string of the molecule is CCC1NCC2CCCN2C1C. The van der Waals surface area contributed by atoms with Gasteiger partial charge in [0.1, 0.15) is 0 Å². The van der Waals surface area contributed by atoms with Gasteiger partial charge in [-0.3, -0.25) is 4.90 Å². The summed E-state index contributed by atoms with van der Waals surface area (Å²) in [6, 6.07) is 2.35. The van der Waals surface area contributed by atoms with E-state index < -0.39 is 0 Å². The summed E-state index contributed by atoms with van der Waals surface area (Å²) < 4.78 is 0. The summed E-state index contributed by atoms with van der Waals surface area (Å²) in [5.74, 6) is 0. The molecule has 70 valence electrons. The van der Waals surface area contributed by atoms with Crippen LogP contribution in [0.2, 0.25) is 0 Å². The molecule has 2 rings (SSSR count). The van der Waals surface area contributed by atoms with Gasteiger partial charge < -0.3 is 5.32 Å². The van der Waals surface area contributed by atoms with Gasteiger partial charge in [0.2, 0.25) is 0 Å². The third kappa shape index (κ3) is 1.27. The highest BCUT2D eigenvalue weighted by molar-refractivity contribution is 4.94. The number of nitrogens with zero attached hydrogens (tertiary/aromatic N) is 1. The Kier molecular flexibility index (Phi) is 2.37. The summed E-state index contributed by atoms with van der Waals surface area (Å²) in [4.78, 5) is 2.70. The lowest BCUT2D eigenvalue weighted by molar-refractivity contribution is 0.107. The molecule has 2 fully saturated rings. The monoisotopic (exact) mass is 168 g/mol. The summed E-state index contributed by atoms with van der Waals surface area (Å²) in [5.41, 5.74) is 0. The van der Waals surface area contributed by atoms with Crippen molar-refractivity contribution in [3.63, 3.8) is 0 Å². The van der Waals surface area contributed by atoms with Crippen molar-refractivity contribution in [2.45, 2.75) is 51.2 Å². The van der Waals surface area contributed by atoms with Gasteiger partial charge in [-0.2, -0.15) is 0 Å². The van der Waals surface area contributed by atoms with E-state index in [2.05, 4.69) is 24.1 Å². The Labute approximate surface area is 75.3 Å². The molecular formula is C10H20N2. The normalized spacial score (nSPS) is 43.0. The Balaban J connectivity index is 2.02. The molecule has 1 N–H and O–H groups in total. The van der Waals surface area contributed by atoms with Crippen molar-refractivity contribution in [2.75, 3.05) is 13.1 Å². The lowest BCUT2D eigenvalue weighted by Gasteiger charge is -2.41. The van der Waals surface area contributed by atoms with Crippen LogP contribution in [0.5, 0.6) is 0 Å². The molecule has 2 heterocycles. The number of hydrogen-bond donors (Lipinski definition) is 1. The Hall–Kier alpha value is -0.0800. The fourth-order valence-corrected chi connectivity index (χ4v) is 2.79. The molecule has 3 unspecified atom stereocenters. The van der Waals surface area contributed by atoms with Gasteiger partial charge in [0.15, 0.2) is 0 Å². The van der Waals surface area contributed by atoms with E-state index in [0.717, 1.165) is 18.1 Å². The van der Waals surface area contributed by atoms with E-state index in [1.165, 1.54) is 32.4 Å². The van der Waals surface area contributed by atoms with Gasteiger partial charge in [-0.25, -0.2) is 0 Å². The predicted molar refractivity (Wildman–Crippen MR) is 51.3 cm³/mol. The molecule has 2 aliphatic rings. The lowest BCUT2D eigenvalue weighted by atomic mass is 10.0. The second kappa shape index (κ2) is 3.35. The smallest absolute Gasteiger partial charge is 0.0224 e. The van der Waals surface area contributed by atoms with E-state index in [0.29, 0.717) is 0 Å². The summed E-state index contributed by atoms with van der Waals surface area (Å²) in [6.45, 7) is 7.22. The van der Waals surface area contributed by atoms with Crippen LogP contribution in [0.1, 0.15) is 33.1 Å². The van der Waals surface area contributed by atoms with Crippen LogP contribution in [0, 0.1) is 0 Å². The molecule has 2 nitrogen and oxygen atoms in total. The second-order valence-corrected chi connectivity index (χ2v) is 4.20. The van der Waals surface area contributed by atoms with Gasteiger partial charge in [-0.1, -0.05) is 6.92 Å². The zero-order valence-corrected chi connectivity index (χ0v) is 8.21. The average molecular weight is 168 g/mol. The number of piperazine rings is 1. The van der Waals surface area contributed by atoms with Crippen LogP contribution < -0.4 is 5.32 Å². The van der Waals surface area contributed by atoms with Crippen LogP contribution in [0.15, 0.2) is 0 Å². The Morgan fingerprint density at radius 2 is 2.33 bits per heavy atom. The van der Waals surface area contributed by atoms with E-state index in [1.807, 2.05) is 0 Å². The molecule has 3 atom stereocenters. The van der Waals surface area contributed by atoms with Crippen molar-refractivity contribution in [1.29, 1.82) is 0 Å². The molecule has 0 aromatic heterocycles. The third-order valence-corrected chi connectivity index (χ3v) is 3.58. The summed E-state index contributed by atoms with van der Waals surface area (Å²) in [6.07, 6.45) is 4.09. The van der Waals surface area contributed by atoms with Crippen LogP contribution in [-0.2, 0) is 0 Å². The Morgan fingerprint density at radius 3 is 3.08 bits per heavy atom. The fraction of sp³-hybridized carbons (Fsp3) is 1.00. The molecule has 2 saturated heterocycles. The molecule has 0 aromatic rings.